The van der Waals surface area contributed by atoms with Crippen LogP contribution in [0.4, 0.5) is 0 Å². The third-order valence-electron chi connectivity index (χ3n) is 1.94. The largest absolute Gasteiger partial charge is 0.397 e. The van der Waals surface area contributed by atoms with Crippen molar-refractivity contribution in [3.8, 4) is 0 Å². The molecule has 0 amide bonds. The third kappa shape index (κ3) is 6.82. The van der Waals surface area contributed by atoms with E-state index in [1.165, 1.54) is 32.1 Å². The minimum absolute atomic E-state index is 0.910. The van der Waals surface area contributed by atoms with Gasteiger partial charge < -0.3 is 8.85 Å². The summed E-state index contributed by atoms with van der Waals surface area (Å²) < 4.78 is 10.4. The van der Waals surface area contributed by atoms with E-state index in [9.17, 15) is 0 Å². The molecule has 0 aliphatic rings. The maximum Gasteiger partial charge on any atom is 0.384 e. The molecule has 0 atom stereocenters. The fourth-order valence-corrected chi connectivity index (χ4v) is 2.27. The fourth-order valence-electron chi connectivity index (χ4n) is 1.16. The van der Waals surface area contributed by atoms with Crippen LogP contribution in [0.25, 0.3) is 0 Å². The summed E-state index contributed by atoms with van der Waals surface area (Å²) in [6, 6.07) is 1.13. The lowest BCUT2D eigenvalue weighted by molar-refractivity contribution is 0.276. The molecule has 3 heteroatoms. The van der Waals surface area contributed by atoms with Crippen molar-refractivity contribution < 1.29 is 8.85 Å². The maximum absolute atomic E-state index is 5.19. The Bertz CT molecular complexity index is 84.6. The summed E-state index contributed by atoms with van der Waals surface area (Å²) in [6.45, 7) is 2.24. The van der Waals surface area contributed by atoms with E-state index < -0.39 is 9.28 Å². The van der Waals surface area contributed by atoms with Gasteiger partial charge >= 0.3 is 9.28 Å². The molecule has 0 bridgehead atoms. The van der Waals surface area contributed by atoms with Crippen molar-refractivity contribution in [2.24, 2.45) is 0 Å². The molecule has 0 spiro atoms. The Kier molecular flexibility index (Phi) is 9.33. The second-order valence-electron chi connectivity index (χ2n) is 2.94. The topological polar surface area (TPSA) is 18.5 Å². The molecule has 0 saturated carbocycles. The highest BCUT2D eigenvalue weighted by Gasteiger charge is 2.09. The minimum Gasteiger partial charge on any atom is -0.397 e. The summed E-state index contributed by atoms with van der Waals surface area (Å²) in [4.78, 5) is 0. The second-order valence-corrected chi connectivity index (χ2v) is 5.00. The zero-order valence-corrected chi connectivity index (χ0v) is 9.56. The summed E-state index contributed by atoms with van der Waals surface area (Å²) in [5, 5.41) is 0. The minimum atomic E-state index is -0.910. The number of rotatable bonds is 8. The fraction of sp³-hybridized carbons (Fsp3) is 1.00. The van der Waals surface area contributed by atoms with Gasteiger partial charge in [-0.25, -0.2) is 0 Å². The van der Waals surface area contributed by atoms with Gasteiger partial charge in [-0.05, 0) is 6.04 Å². The van der Waals surface area contributed by atoms with Crippen LogP contribution in [0.3, 0.4) is 0 Å². The molecule has 73 valence electrons. The summed E-state index contributed by atoms with van der Waals surface area (Å²) in [5.74, 6) is 0. The summed E-state index contributed by atoms with van der Waals surface area (Å²) in [5.41, 5.74) is 0. The van der Waals surface area contributed by atoms with Crippen LogP contribution in [0.1, 0.15) is 39.0 Å². The number of hydrogen-bond acceptors (Lipinski definition) is 2. The Morgan fingerprint density at radius 3 is 2.00 bits per heavy atom. The normalized spacial score (nSPS) is 11.0. The van der Waals surface area contributed by atoms with Crippen LogP contribution in [0.15, 0.2) is 0 Å². The molecule has 12 heavy (non-hydrogen) atoms. The first-order valence-corrected chi connectivity index (χ1v) is 6.31. The molecule has 2 nitrogen and oxygen atoms in total. The molecule has 0 heterocycles. The monoisotopic (exact) mass is 189 g/mol. The van der Waals surface area contributed by atoms with Gasteiger partial charge in [0, 0.05) is 14.2 Å². The summed E-state index contributed by atoms with van der Waals surface area (Å²) >= 11 is 0. The highest BCUT2D eigenvalue weighted by atomic mass is 28.3. The number of unbranched alkanes of at least 4 members (excludes halogenated alkanes) is 4. The molecule has 0 aliphatic heterocycles. The SMILES string of the molecule is CCCCCCC[Si](OC)OC. The first-order valence-electron chi connectivity index (χ1n) is 4.79. The molecule has 0 rings (SSSR count). The third-order valence-corrected chi connectivity index (χ3v) is 3.61. The van der Waals surface area contributed by atoms with Crippen LogP contribution < -0.4 is 0 Å². The highest BCUT2D eigenvalue weighted by Crippen LogP contribution is 2.07. The van der Waals surface area contributed by atoms with Crippen molar-refractivity contribution in [2.45, 2.75) is 45.1 Å². The molecule has 0 N–H and O–H groups in total. The standard InChI is InChI=1S/C9H21O2Si/c1-4-5-6-7-8-9-12(10-2)11-3/h4-9H2,1-3H3. The van der Waals surface area contributed by atoms with Gasteiger partial charge in [-0.2, -0.15) is 0 Å². The van der Waals surface area contributed by atoms with Crippen molar-refractivity contribution in [3.05, 3.63) is 0 Å². The predicted octanol–water partition coefficient (Wildman–Crippen LogP) is 2.74. The van der Waals surface area contributed by atoms with E-state index >= 15 is 0 Å². The lowest BCUT2D eigenvalue weighted by atomic mass is 10.2. The van der Waals surface area contributed by atoms with E-state index in [2.05, 4.69) is 6.92 Å². The number of hydrogen-bond donors (Lipinski definition) is 0. The first kappa shape index (κ1) is 12.1. The van der Waals surface area contributed by atoms with Gasteiger partial charge in [0.1, 0.15) is 0 Å². The molecule has 0 saturated heterocycles. The van der Waals surface area contributed by atoms with E-state index in [1.807, 2.05) is 0 Å². The van der Waals surface area contributed by atoms with Gasteiger partial charge in [0.2, 0.25) is 0 Å². The van der Waals surface area contributed by atoms with E-state index in [4.69, 9.17) is 8.85 Å². The Morgan fingerprint density at radius 1 is 0.917 bits per heavy atom. The molecule has 0 aromatic carbocycles. The quantitative estimate of drug-likeness (QED) is 0.432. The van der Waals surface area contributed by atoms with Crippen LogP contribution >= 0.6 is 0 Å². The van der Waals surface area contributed by atoms with Crippen LogP contribution in [0.2, 0.25) is 6.04 Å². The zero-order chi connectivity index (χ0) is 9.23. The Labute approximate surface area is 78.1 Å². The van der Waals surface area contributed by atoms with Crippen LogP contribution in [0, 0.1) is 0 Å². The summed E-state index contributed by atoms with van der Waals surface area (Å²) in [6.07, 6.45) is 6.62. The van der Waals surface area contributed by atoms with Gasteiger partial charge in [-0.15, -0.1) is 0 Å². The average molecular weight is 189 g/mol. The van der Waals surface area contributed by atoms with E-state index in [0.29, 0.717) is 0 Å². The van der Waals surface area contributed by atoms with Crippen LogP contribution in [0.5, 0.6) is 0 Å². The lowest BCUT2D eigenvalue weighted by Gasteiger charge is -2.08. The van der Waals surface area contributed by atoms with E-state index in [-0.39, 0.29) is 0 Å². The first-order chi connectivity index (χ1) is 5.85. The molecular formula is C9H21O2Si. The smallest absolute Gasteiger partial charge is 0.384 e. The van der Waals surface area contributed by atoms with Gasteiger partial charge in [0.15, 0.2) is 0 Å². The van der Waals surface area contributed by atoms with Crippen molar-refractivity contribution >= 4 is 9.28 Å². The highest BCUT2D eigenvalue weighted by molar-refractivity contribution is 6.44. The van der Waals surface area contributed by atoms with Crippen molar-refractivity contribution in [1.29, 1.82) is 0 Å². The molecule has 0 unspecified atom stereocenters. The molecular weight excluding hydrogens is 168 g/mol. The molecule has 1 radical (unpaired) electrons. The van der Waals surface area contributed by atoms with Crippen molar-refractivity contribution in [1.82, 2.24) is 0 Å². The van der Waals surface area contributed by atoms with Gasteiger partial charge in [0.25, 0.3) is 0 Å². The zero-order valence-electron chi connectivity index (χ0n) is 8.56. The molecule has 0 aromatic heterocycles. The van der Waals surface area contributed by atoms with Gasteiger partial charge in [0.05, 0.1) is 0 Å². The predicted molar refractivity (Wildman–Crippen MR) is 53.3 cm³/mol. The molecule has 0 aliphatic carbocycles. The Hall–Kier alpha value is 0.137. The van der Waals surface area contributed by atoms with Crippen molar-refractivity contribution in [3.63, 3.8) is 0 Å². The Morgan fingerprint density at radius 2 is 1.50 bits per heavy atom. The summed E-state index contributed by atoms with van der Waals surface area (Å²) in [7, 11) is 2.57. The van der Waals surface area contributed by atoms with Crippen LogP contribution in [-0.2, 0) is 8.85 Å². The maximum atomic E-state index is 5.19. The molecule has 0 fully saturated rings. The van der Waals surface area contributed by atoms with Crippen molar-refractivity contribution in [2.75, 3.05) is 14.2 Å². The average Bonchev–Trinajstić information content (AvgIpc) is 2.11. The van der Waals surface area contributed by atoms with Gasteiger partial charge in [-0.1, -0.05) is 39.0 Å². The van der Waals surface area contributed by atoms with Crippen LogP contribution in [-0.4, -0.2) is 23.5 Å². The van der Waals surface area contributed by atoms with E-state index in [1.54, 1.807) is 14.2 Å². The van der Waals surface area contributed by atoms with Gasteiger partial charge in [-0.3, -0.25) is 0 Å². The molecule has 0 aromatic rings. The second kappa shape index (κ2) is 9.23. The lowest BCUT2D eigenvalue weighted by Crippen LogP contribution is -2.18. The van der Waals surface area contributed by atoms with E-state index in [0.717, 1.165) is 6.04 Å². The Balaban J connectivity index is 3.06.